The number of hydrogen-bond acceptors (Lipinski definition) is 12. The normalized spacial score (nSPS) is 11.8. The molecule has 4 heterocycles. The van der Waals surface area contributed by atoms with E-state index in [1.54, 1.807) is 143 Å². The smallest absolute Gasteiger partial charge is 0.414 e. The van der Waals surface area contributed by atoms with Crippen LogP contribution in [0.2, 0.25) is 0 Å². The summed E-state index contributed by atoms with van der Waals surface area (Å²) in [5.74, 6) is 0.280. The maximum atomic E-state index is 13.5. The van der Waals surface area contributed by atoms with Gasteiger partial charge in [-0.2, -0.15) is 26.3 Å². The van der Waals surface area contributed by atoms with Crippen LogP contribution in [0.15, 0.2) is 132 Å². The quantitative estimate of drug-likeness (QED) is 0.0543. The molecule has 23 heteroatoms. The standard InChI is InChI=1S/C37H36F3N3O6.C24H25BrF3N3O4/c1-24-19-26(11-16-30(24)34(44)46-5)32-21-41-33-31(42(18-17-37(38,39)40)35(45)49-36(2,3)4)20-29(22-43(32)33)48-28-14-12-27(13-15-28)47-23-25-9-7-6-8-10-25;1-14-10-15(6-7-17(14)21(32)34-5)19-12-29-20-18(11-16(25)13-31(19)20)30(9-8-24(26,27)28)22(33)35-23(2,3)4/h6-16,19-22H,17-18,23H2,1-5H3;6-7,10-13H,8-9H2,1-5H3. The third kappa shape index (κ3) is 16.6. The van der Waals surface area contributed by atoms with E-state index in [4.69, 9.17) is 28.4 Å². The number of benzene rings is 4. The number of halogens is 7. The Labute approximate surface area is 488 Å². The number of amides is 2. The zero-order valence-electron chi connectivity index (χ0n) is 47.6. The molecule has 2 amide bonds. The van der Waals surface area contributed by atoms with Crippen LogP contribution in [0.1, 0.15) is 91.8 Å². The molecule has 0 bridgehead atoms. The van der Waals surface area contributed by atoms with Crippen LogP contribution >= 0.6 is 15.9 Å². The molecule has 0 saturated carbocycles. The third-order valence-corrected chi connectivity index (χ3v) is 12.8. The Hall–Kier alpha value is -8.60. The molecule has 0 fully saturated rings. The highest BCUT2D eigenvalue weighted by atomic mass is 79.9. The van der Waals surface area contributed by atoms with E-state index in [0.29, 0.717) is 67.3 Å². The molecule has 0 unspecified atom stereocenters. The topological polar surface area (TPSA) is 165 Å². The van der Waals surface area contributed by atoms with Crippen LogP contribution in [0.3, 0.4) is 0 Å². The Kier molecular flexibility index (Phi) is 19.4. The van der Waals surface area contributed by atoms with E-state index in [-0.39, 0.29) is 28.4 Å². The average molecular weight is 1230 g/mol. The molecule has 4 aromatic heterocycles. The van der Waals surface area contributed by atoms with Gasteiger partial charge < -0.3 is 28.4 Å². The van der Waals surface area contributed by atoms with E-state index in [0.717, 1.165) is 15.4 Å². The highest BCUT2D eigenvalue weighted by molar-refractivity contribution is 9.10. The second-order valence-corrected chi connectivity index (χ2v) is 22.1. The van der Waals surface area contributed by atoms with Crippen LogP contribution in [0, 0.1) is 13.8 Å². The Morgan fingerprint density at radius 3 is 1.43 bits per heavy atom. The number of pyridine rings is 2. The molecule has 0 atom stereocenters. The summed E-state index contributed by atoms with van der Waals surface area (Å²) in [6, 6.07) is 29.8. The maximum Gasteiger partial charge on any atom is 0.414 e. The van der Waals surface area contributed by atoms with Crippen molar-refractivity contribution in [3.8, 4) is 39.8 Å². The number of esters is 2. The summed E-state index contributed by atoms with van der Waals surface area (Å²) in [6.07, 6.45) is -6.99. The van der Waals surface area contributed by atoms with Gasteiger partial charge in [-0.3, -0.25) is 18.6 Å². The number of imidazole rings is 2. The number of methoxy groups -OCH3 is 2. The van der Waals surface area contributed by atoms with E-state index in [2.05, 4.69) is 25.9 Å². The first-order valence-electron chi connectivity index (χ1n) is 26.1. The summed E-state index contributed by atoms with van der Waals surface area (Å²) in [5, 5.41) is 0. The molecular formula is C61H61BrF6N6O10. The number of fused-ring (bicyclic) bond motifs is 2. The molecule has 4 aromatic carbocycles. The van der Waals surface area contributed by atoms with Crippen LogP contribution in [0.4, 0.5) is 47.3 Å². The van der Waals surface area contributed by atoms with Crippen molar-refractivity contribution in [3.05, 3.63) is 160 Å². The highest BCUT2D eigenvalue weighted by Crippen LogP contribution is 2.37. The molecule has 0 aliphatic heterocycles. The van der Waals surface area contributed by atoms with Crippen molar-refractivity contribution < 1.29 is 73.9 Å². The van der Waals surface area contributed by atoms with Crippen molar-refractivity contribution in [2.45, 2.75) is 98.4 Å². The largest absolute Gasteiger partial charge is 0.489 e. The number of anilines is 2. The molecule has 8 aromatic rings. The Balaban J connectivity index is 0.000000255. The molecule has 84 heavy (non-hydrogen) atoms. The molecular weight excluding hydrogens is 1170 g/mol. The predicted molar refractivity (Wildman–Crippen MR) is 307 cm³/mol. The van der Waals surface area contributed by atoms with Crippen molar-refractivity contribution in [1.82, 2.24) is 18.8 Å². The number of hydrogen-bond donors (Lipinski definition) is 0. The maximum absolute atomic E-state index is 13.5. The number of alkyl halides is 6. The number of aromatic nitrogens is 4. The van der Waals surface area contributed by atoms with Gasteiger partial charge in [0, 0.05) is 41.0 Å². The highest BCUT2D eigenvalue weighted by Gasteiger charge is 2.35. The number of carbonyl (C=O) groups excluding carboxylic acids is 4. The van der Waals surface area contributed by atoms with Gasteiger partial charge in [-0.15, -0.1) is 0 Å². The number of aryl methyl sites for hydroxylation is 2. The van der Waals surface area contributed by atoms with Gasteiger partial charge in [0.25, 0.3) is 0 Å². The average Bonchev–Trinajstić information content (AvgIpc) is 3.22. The zero-order chi connectivity index (χ0) is 61.5. The molecule has 16 nitrogen and oxygen atoms in total. The third-order valence-electron chi connectivity index (χ3n) is 12.3. The van der Waals surface area contributed by atoms with Crippen LogP contribution < -0.4 is 19.3 Å². The van der Waals surface area contributed by atoms with Gasteiger partial charge in [0.1, 0.15) is 35.1 Å². The lowest BCUT2D eigenvalue weighted by Crippen LogP contribution is -2.39. The molecule has 444 valence electrons. The minimum atomic E-state index is -4.55. The Bertz CT molecular complexity index is 3670. The zero-order valence-corrected chi connectivity index (χ0v) is 49.2. The molecule has 0 spiro atoms. The Morgan fingerprint density at radius 1 is 0.560 bits per heavy atom. The van der Waals surface area contributed by atoms with Gasteiger partial charge in [0.15, 0.2) is 11.3 Å². The monoisotopic (exact) mass is 1230 g/mol. The minimum absolute atomic E-state index is 0.0490. The first kappa shape index (κ1) is 63.0. The number of ether oxygens (including phenoxy) is 6. The summed E-state index contributed by atoms with van der Waals surface area (Å²) in [4.78, 5) is 61.3. The number of nitrogens with zero attached hydrogens (tertiary/aromatic N) is 6. The van der Waals surface area contributed by atoms with Gasteiger partial charge in [-0.05, 0) is 143 Å². The summed E-state index contributed by atoms with van der Waals surface area (Å²) in [6.45, 7) is 12.3. The van der Waals surface area contributed by atoms with Crippen LogP contribution in [-0.2, 0) is 25.6 Å². The minimum Gasteiger partial charge on any atom is -0.489 e. The first-order chi connectivity index (χ1) is 39.4. The molecule has 0 radical (unpaired) electrons. The SMILES string of the molecule is COC(=O)c1ccc(-c2cnc3c(N(CCC(F)(F)F)C(=O)OC(C)(C)C)cc(Br)cn23)cc1C.COC(=O)c1ccc(-c2cnc3c(N(CCC(F)(F)F)C(=O)OC(C)(C)C)cc(Oc4ccc(OCc5ccccc5)cc4)cn23)cc1C. The lowest BCUT2D eigenvalue weighted by Gasteiger charge is -2.28. The first-order valence-corrected chi connectivity index (χ1v) is 26.9. The fourth-order valence-corrected chi connectivity index (χ4v) is 8.92. The molecule has 0 aliphatic rings. The molecule has 0 N–H and O–H groups in total. The van der Waals surface area contributed by atoms with E-state index in [1.807, 2.05) is 30.3 Å². The van der Waals surface area contributed by atoms with Crippen molar-refractivity contribution in [1.29, 1.82) is 0 Å². The van der Waals surface area contributed by atoms with Gasteiger partial charge in [0.2, 0.25) is 0 Å². The number of rotatable bonds is 15. The molecule has 0 saturated heterocycles. The predicted octanol–water partition coefficient (Wildman–Crippen LogP) is 15.7. The lowest BCUT2D eigenvalue weighted by atomic mass is 10.0. The van der Waals surface area contributed by atoms with Crippen LogP contribution in [0.5, 0.6) is 17.2 Å². The van der Waals surface area contributed by atoms with E-state index >= 15 is 0 Å². The van der Waals surface area contributed by atoms with Crippen molar-refractivity contribution in [2.24, 2.45) is 0 Å². The fraction of sp³-hybridized carbons (Fsp3) is 0.311. The second-order valence-electron chi connectivity index (χ2n) is 21.2. The second kappa shape index (κ2) is 25.9. The molecule has 0 aliphatic carbocycles. The van der Waals surface area contributed by atoms with E-state index in [1.165, 1.54) is 32.5 Å². The van der Waals surface area contributed by atoms with Crippen molar-refractivity contribution in [2.75, 3.05) is 37.1 Å². The van der Waals surface area contributed by atoms with E-state index < -0.39 is 73.6 Å². The van der Waals surface area contributed by atoms with Crippen molar-refractivity contribution in [3.63, 3.8) is 0 Å². The van der Waals surface area contributed by atoms with Crippen LogP contribution in [0.25, 0.3) is 33.8 Å². The van der Waals surface area contributed by atoms with Crippen molar-refractivity contribution >= 4 is 62.7 Å². The summed E-state index contributed by atoms with van der Waals surface area (Å²) in [5.41, 5.74) is 4.41. The summed E-state index contributed by atoms with van der Waals surface area (Å²) >= 11 is 3.39. The van der Waals surface area contributed by atoms with E-state index in [9.17, 15) is 45.5 Å². The lowest BCUT2D eigenvalue weighted by molar-refractivity contribution is -0.133. The van der Waals surface area contributed by atoms with Gasteiger partial charge in [0.05, 0.1) is 79.5 Å². The van der Waals surface area contributed by atoms with Crippen LogP contribution in [-0.4, -0.2) is 93.8 Å². The van der Waals surface area contributed by atoms with Gasteiger partial charge in [-0.25, -0.2) is 29.1 Å². The summed E-state index contributed by atoms with van der Waals surface area (Å²) in [7, 11) is 2.60. The summed E-state index contributed by atoms with van der Waals surface area (Å²) < 4.78 is 116. The molecule has 8 rings (SSSR count). The fourth-order valence-electron chi connectivity index (χ4n) is 8.50. The van der Waals surface area contributed by atoms with Gasteiger partial charge in [-0.1, -0.05) is 42.5 Å². The van der Waals surface area contributed by atoms with Gasteiger partial charge >= 0.3 is 36.5 Å². The Morgan fingerprint density at radius 2 is 1.00 bits per heavy atom. The number of carbonyl (C=O) groups is 4.